The van der Waals surface area contributed by atoms with Crippen LogP contribution < -0.4 is 5.73 Å². The normalized spacial score (nSPS) is 18.1. The van der Waals surface area contributed by atoms with Crippen molar-refractivity contribution in [2.24, 2.45) is 5.73 Å². The van der Waals surface area contributed by atoms with Crippen LogP contribution >= 0.6 is 0 Å². The number of nitrogens with two attached hydrogens (primary N) is 1. The van der Waals surface area contributed by atoms with E-state index in [2.05, 4.69) is 24.3 Å². The zero-order valence-corrected chi connectivity index (χ0v) is 9.99. The van der Waals surface area contributed by atoms with Crippen molar-refractivity contribution in [3.05, 3.63) is 35.4 Å². The molecule has 0 bridgehead atoms. The van der Waals surface area contributed by atoms with Crippen molar-refractivity contribution < 1.29 is 4.74 Å². The number of benzene rings is 1. The Morgan fingerprint density at radius 3 is 2.75 bits per heavy atom. The molecule has 0 spiro atoms. The Balaban J connectivity index is 2.11. The number of ether oxygens (including phenoxy) is 1. The Morgan fingerprint density at radius 2 is 2.12 bits per heavy atom. The Bertz CT molecular complexity index is 333. The second-order valence-corrected chi connectivity index (χ2v) is 4.64. The molecule has 0 saturated heterocycles. The van der Waals surface area contributed by atoms with Crippen molar-refractivity contribution in [1.29, 1.82) is 0 Å². The molecular formula is C14H21NO. The topological polar surface area (TPSA) is 35.2 Å². The molecule has 1 atom stereocenters. The molecule has 0 aromatic heterocycles. The first kappa shape index (κ1) is 11.6. The Hall–Kier alpha value is -0.860. The van der Waals surface area contributed by atoms with Gasteiger partial charge in [-0.15, -0.1) is 0 Å². The first-order chi connectivity index (χ1) is 7.83. The molecule has 2 rings (SSSR count). The van der Waals surface area contributed by atoms with E-state index in [0.29, 0.717) is 0 Å². The molecule has 2 N–H and O–H groups in total. The summed E-state index contributed by atoms with van der Waals surface area (Å²) >= 11 is 0. The van der Waals surface area contributed by atoms with E-state index in [1.165, 1.54) is 30.4 Å². The van der Waals surface area contributed by atoms with Crippen LogP contribution in [0, 0.1) is 0 Å². The van der Waals surface area contributed by atoms with E-state index >= 15 is 0 Å². The minimum Gasteiger partial charge on any atom is -0.385 e. The molecule has 1 aromatic carbocycles. The van der Waals surface area contributed by atoms with E-state index < -0.39 is 0 Å². The van der Waals surface area contributed by atoms with E-state index in [4.69, 9.17) is 10.5 Å². The molecule has 0 amide bonds. The van der Waals surface area contributed by atoms with E-state index in [9.17, 15) is 0 Å². The lowest BCUT2D eigenvalue weighted by Crippen LogP contribution is -2.18. The lowest BCUT2D eigenvalue weighted by molar-refractivity contribution is 0.188. The third kappa shape index (κ3) is 2.45. The van der Waals surface area contributed by atoms with Gasteiger partial charge in [0.15, 0.2) is 0 Å². The van der Waals surface area contributed by atoms with Crippen LogP contribution in [-0.4, -0.2) is 13.7 Å². The van der Waals surface area contributed by atoms with E-state index in [1.807, 2.05) is 0 Å². The lowest BCUT2D eigenvalue weighted by atomic mass is 9.77. The molecule has 0 heterocycles. The summed E-state index contributed by atoms with van der Waals surface area (Å²) in [5.74, 6) is 0.754. The molecule has 1 aliphatic rings. The van der Waals surface area contributed by atoms with Crippen molar-refractivity contribution in [3.63, 3.8) is 0 Å². The van der Waals surface area contributed by atoms with Crippen LogP contribution in [0.5, 0.6) is 0 Å². The molecule has 16 heavy (non-hydrogen) atoms. The molecule has 0 aliphatic heterocycles. The SMILES string of the molecule is COCCC(N)c1ccccc1C1CCC1. The Morgan fingerprint density at radius 1 is 1.38 bits per heavy atom. The summed E-state index contributed by atoms with van der Waals surface area (Å²) in [6.07, 6.45) is 4.93. The molecule has 1 aliphatic carbocycles. The highest BCUT2D eigenvalue weighted by Gasteiger charge is 2.23. The smallest absolute Gasteiger partial charge is 0.0480 e. The number of methoxy groups -OCH3 is 1. The lowest BCUT2D eigenvalue weighted by Gasteiger charge is -2.29. The number of hydrogen-bond acceptors (Lipinski definition) is 2. The molecular weight excluding hydrogens is 198 g/mol. The molecule has 1 unspecified atom stereocenters. The molecule has 2 nitrogen and oxygen atoms in total. The molecule has 1 saturated carbocycles. The maximum Gasteiger partial charge on any atom is 0.0480 e. The summed E-state index contributed by atoms with van der Waals surface area (Å²) < 4.78 is 5.09. The van der Waals surface area contributed by atoms with E-state index in [1.54, 1.807) is 7.11 Å². The van der Waals surface area contributed by atoms with Crippen LogP contribution in [0.1, 0.15) is 48.8 Å². The largest absolute Gasteiger partial charge is 0.385 e. The average molecular weight is 219 g/mol. The third-order valence-electron chi connectivity index (χ3n) is 3.57. The van der Waals surface area contributed by atoms with E-state index in [-0.39, 0.29) is 6.04 Å². The van der Waals surface area contributed by atoms with Gasteiger partial charge < -0.3 is 10.5 Å². The van der Waals surface area contributed by atoms with Crippen molar-refractivity contribution in [1.82, 2.24) is 0 Å². The van der Waals surface area contributed by atoms with Crippen LogP contribution in [0.4, 0.5) is 0 Å². The minimum absolute atomic E-state index is 0.122. The van der Waals surface area contributed by atoms with Crippen LogP contribution in [0.3, 0.4) is 0 Å². The third-order valence-corrected chi connectivity index (χ3v) is 3.57. The molecule has 2 heteroatoms. The van der Waals surface area contributed by atoms with Gasteiger partial charge in [-0.25, -0.2) is 0 Å². The summed E-state index contributed by atoms with van der Waals surface area (Å²) in [7, 11) is 1.73. The summed E-state index contributed by atoms with van der Waals surface area (Å²) in [4.78, 5) is 0. The van der Waals surface area contributed by atoms with Gasteiger partial charge in [0, 0.05) is 19.8 Å². The molecule has 1 aromatic rings. The minimum atomic E-state index is 0.122. The number of hydrogen-bond donors (Lipinski definition) is 1. The predicted molar refractivity (Wildman–Crippen MR) is 66.5 cm³/mol. The highest BCUT2D eigenvalue weighted by Crippen LogP contribution is 2.39. The van der Waals surface area contributed by atoms with Gasteiger partial charge in [0.05, 0.1) is 0 Å². The van der Waals surface area contributed by atoms with Gasteiger partial charge in [0.2, 0.25) is 0 Å². The summed E-state index contributed by atoms with van der Waals surface area (Å²) in [6.45, 7) is 0.736. The maximum atomic E-state index is 6.22. The Kier molecular flexibility index (Phi) is 3.97. The second-order valence-electron chi connectivity index (χ2n) is 4.64. The fourth-order valence-electron chi connectivity index (χ4n) is 2.34. The average Bonchev–Trinajstić information content (AvgIpc) is 2.24. The molecule has 0 radical (unpaired) electrons. The fourth-order valence-corrected chi connectivity index (χ4v) is 2.34. The highest BCUT2D eigenvalue weighted by molar-refractivity contribution is 5.33. The monoisotopic (exact) mass is 219 g/mol. The van der Waals surface area contributed by atoms with Gasteiger partial charge in [0.1, 0.15) is 0 Å². The molecule has 1 fully saturated rings. The van der Waals surface area contributed by atoms with Crippen LogP contribution in [0.25, 0.3) is 0 Å². The van der Waals surface area contributed by atoms with Gasteiger partial charge in [-0.2, -0.15) is 0 Å². The highest BCUT2D eigenvalue weighted by atomic mass is 16.5. The fraction of sp³-hybridized carbons (Fsp3) is 0.571. The van der Waals surface area contributed by atoms with Crippen molar-refractivity contribution >= 4 is 0 Å². The van der Waals surface area contributed by atoms with Gasteiger partial charge in [-0.1, -0.05) is 30.7 Å². The quantitative estimate of drug-likeness (QED) is 0.826. The first-order valence-corrected chi connectivity index (χ1v) is 6.16. The summed E-state index contributed by atoms with van der Waals surface area (Å²) in [6, 6.07) is 8.75. The van der Waals surface area contributed by atoms with Gasteiger partial charge in [0.25, 0.3) is 0 Å². The standard InChI is InChI=1S/C14H21NO/c1-16-10-9-14(15)13-8-3-2-7-12(13)11-5-4-6-11/h2-3,7-8,11,14H,4-6,9-10,15H2,1H3. The predicted octanol–water partition coefficient (Wildman–Crippen LogP) is 2.99. The van der Waals surface area contributed by atoms with Crippen molar-refractivity contribution in [3.8, 4) is 0 Å². The van der Waals surface area contributed by atoms with Crippen molar-refractivity contribution in [2.45, 2.75) is 37.6 Å². The van der Waals surface area contributed by atoms with Crippen LogP contribution in [0.15, 0.2) is 24.3 Å². The molecule has 88 valence electrons. The second kappa shape index (κ2) is 5.46. The van der Waals surface area contributed by atoms with Gasteiger partial charge in [-0.05, 0) is 36.3 Å². The van der Waals surface area contributed by atoms with Crippen LogP contribution in [-0.2, 0) is 4.74 Å². The van der Waals surface area contributed by atoms with E-state index in [0.717, 1.165) is 18.9 Å². The number of rotatable bonds is 5. The van der Waals surface area contributed by atoms with Gasteiger partial charge in [-0.3, -0.25) is 0 Å². The zero-order chi connectivity index (χ0) is 11.4. The summed E-state index contributed by atoms with van der Waals surface area (Å²) in [5, 5.41) is 0. The summed E-state index contributed by atoms with van der Waals surface area (Å²) in [5.41, 5.74) is 9.01. The maximum absolute atomic E-state index is 6.22. The van der Waals surface area contributed by atoms with Crippen LogP contribution in [0.2, 0.25) is 0 Å². The van der Waals surface area contributed by atoms with Crippen molar-refractivity contribution in [2.75, 3.05) is 13.7 Å². The first-order valence-electron chi connectivity index (χ1n) is 6.16. The zero-order valence-electron chi connectivity index (χ0n) is 9.99. The van der Waals surface area contributed by atoms with Gasteiger partial charge >= 0.3 is 0 Å². The Labute approximate surface area is 97.8 Å².